The lowest BCUT2D eigenvalue weighted by Gasteiger charge is -2.34. The number of rotatable bonds is 0. The van der Waals surface area contributed by atoms with E-state index < -0.39 is 0 Å². The Bertz CT molecular complexity index is 299. The second kappa shape index (κ2) is 9.83. The van der Waals surface area contributed by atoms with Gasteiger partial charge in [-0.25, -0.2) is 0 Å². The molecule has 0 amide bonds. The third-order valence-corrected chi connectivity index (χ3v) is 5.02. The molecule has 2 aliphatic rings. The van der Waals surface area contributed by atoms with Gasteiger partial charge in [0.15, 0.2) is 0 Å². The molecule has 130 valence electrons. The average Bonchev–Trinajstić information content (AvgIpc) is 2.53. The van der Waals surface area contributed by atoms with Gasteiger partial charge < -0.3 is 26.6 Å². The van der Waals surface area contributed by atoms with Gasteiger partial charge in [-0.15, -0.1) is 0 Å². The van der Waals surface area contributed by atoms with Crippen LogP contribution in [0.3, 0.4) is 0 Å². The van der Waals surface area contributed by atoms with Gasteiger partial charge in [0.25, 0.3) is 0 Å². The molecule has 0 aromatic carbocycles. The molecule has 1 aliphatic carbocycles. The first-order chi connectivity index (χ1) is 10.6. The van der Waals surface area contributed by atoms with E-state index in [4.69, 9.17) is 0 Å². The summed E-state index contributed by atoms with van der Waals surface area (Å²) in [5, 5.41) is 18.4. The fraction of sp³-hybridized carbons (Fsp3) is 1.00. The van der Waals surface area contributed by atoms with Crippen molar-refractivity contribution < 1.29 is 0 Å². The minimum absolute atomic E-state index is 0.519. The van der Waals surface area contributed by atoms with E-state index in [9.17, 15) is 0 Å². The van der Waals surface area contributed by atoms with Crippen LogP contribution in [-0.4, -0.2) is 62.9 Å². The van der Waals surface area contributed by atoms with Gasteiger partial charge in [-0.05, 0) is 33.6 Å². The van der Waals surface area contributed by atoms with E-state index in [-0.39, 0.29) is 0 Å². The number of hydrogen-bond donors (Lipinski definition) is 5. The molecule has 1 aliphatic heterocycles. The Morgan fingerprint density at radius 1 is 0.545 bits per heavy atom. The maximum absolute atomic E-state index is 3.80. The Morgan fingerprint density at radius 2 is 0.955 bits per heavy atom. The van der Waals surface area contributed by atoms with Crippen LogP contribution in [0.1, 0.15) is 46.5 Å². The van der Waals surface area contributed by atoms with Crippen molar-refractivity contribution in [3.05, 3.63) is 0 Å². The van der Waals surface area contributed by atoms with Crippen LogP contribution < -0.4 is 26.6 Å². The first-order valence-electron chi connectivity index (χ1n) is 9.32. The fourth-order valence-corrected chi connectivity index (χ4v) is 3.51. The number of fused-ring (bicyclic) bond motifs is 1. The maximum Gasteiger partial charge on any atom is 0.0221 e. The topological polar surface area (TPSA) is 60.1 Å². The Kier molecular flexibility index (Phi) is 8.11. The van der Waals surface area contributed by atoms with Crippen molar-refractivity contribution in [1.82, 2.24) is 26.6 Å². The number of hydrogen-bond acceptors (Lipinski definition) is 5. The van der Waals surface area contributed by atoms with Gasteiger partial charge in [0.05, 0.1) is 0 Å². The van der Waals surface area contributed by atoms with Crippen molar-refractivity contribution in [3.63, 3.8) is 0 Å². The van der Waals surface area contributed by atoms with Crippen LogP contribution >= 0.6 is 0 Å². The molecule has 2 fully saturated rings. The van der Waals surface area contributed by atoms with Gasteiger partial charge in [0.1, 0.15) is 0 Å². The van der Waals surface area contributed by atoms with Crippen LogP contribution in [0.25, 0.3) is 0 Å². The minimum atomic E-state index is 0.519. The summed E-state index contributed by atoms with van der Waals surface area (Å²) in [6.45, 7) is 12.0. The van der Waals surface area contributed by atoms with Crippen molar-refractivity contribution in [2.45, 2.75) is 76.7 Å². The molecule has 2 rings (SSSR count). The highest BCUT2D eigenvalue weighted by molar-refractivity contribution is 4.88. The Labute approximate surface area is 136 Å². The fourth-order valence-electron chi connectivity index (χ4n) is 3.51. The standard InChI is InChI=1S/C17H37N5/c1-13-10-20-15(3)12-22-17-7-5-4-6-16(17)21-11-14(2)19-9-8-18-13/h13-22H,4-12H2,1-3H3/t13-,14+,15+,16-,17-/m1/s1. The third kappa shape index (κ3) is 6.50. The van der Waals surface area contributed by atoms with E-state index in [1.54, 1.807) is 0 Å². The molecule has 0 radical (unpaired) electrons. The summed E-state index contributed by atoms with van der Waals surface area (Å²) in [5.41, 5.74) is 0. The number of nitrogens with one attached hydrogen (secondary N) is 5. The largest absolute Gasteiger partial charge is 0.312 e. The van der Waals surface area contributed by atoms with E-state index in [0.29, 0.717) is 30.2 Å². The summed E-state index contributed by atoms with van der Waals surface area (Å²) in [7, 11) is 0. The highest BCUT2D eigenvalue weighted by atomic mass is 15.1. The molecule has 5 atom stereocenters. The van der Waals surface area contributed by atoms with Crippen molar-refractivity contribution in [2.75, 3.05) is 32.7 Å². The lowest BCUT2D eigenvalue weighted by atomic mass is 9.90. The van der Waals surface area contributed by atoms with E-state index in [2.05, 4.69) is 47.4 Å². The molecule has 0 unspecified atom stereocenters. The molecule has 0 spiro atoms. The third-order valence-electron chi connectivity index (χ3n) is 5.02. The van der Waals surface area contributed by atoms with Crippen LogP contribution in [0.4, 0.5) is 0 Å². The second-order valence-corrected chi connectivity index (χ2v) is 7.33. The van der Waals surface area contributed by atoms with Gasteiger partial charge in [0.2, 0.25) is 0 Å². The summed E-state index contributed by atoms with van der Waals surface area (Å²) in [4.78, 5) is 0. The molecule has 0 aromatic rings. The van der Waals surface area contributed by atoms with E-state index >= 15 is 0 Å². The van der Waals surface area contributed by atoms with Gasteiger partial charge in [0, 0.05) is 62.9 Å². The van der Waals surface area contributed by atoms with Crippen molar-refractivity contribution in [2.24, 2.45) is 0 Å². The predicted octanol–water partition coefficient (Wildman–Crippen LogP) is 0.425. The second-order valence-electron chi connectivity index (χ2n) is 7.33. The molecule has 22 heavy (non-hydrogen) atoms. The summed E-state index contributed by atoms with van der Waals surface area (Å²) >= 11 is 0. The Hall–Kier alpha value is -0.200. The van der Waals surface area contributed by atoms with Crippen LogP contribution in [0.5, 0.6) is 0 Å². The lowest BCUT2D eigenvalue weighted by molar-refractivity contribution is 0.271. The summed E-state index contributed by atoms with van der Waals surface area (Å²) in [5.74, 6) is 0. The quantitative estimate of drug-likeness (QED) is 0.449. The molecule has 1 heterocycles. The van der Waals surface area contributed by atoms with Crippen molar-refractivity contribution in [1.29, 1.82) is 0 Å². The van der Waals surface area contributed by atoms with Crippen LogP contribution in [0.2, 0.25) is 0 Å². The molecule has 0 aromatic heterocycles. The Balaban J connectivity index is 1.88. The van der Waals surface area contributed by atoms with Crippen molar-refractivity contribution in [3.8, 4) is 0 Å². The van der Waals surface area contributed by atoms with E-state index in [1.165, 1.54) is 25.7 Å². The smallest absolute Gasteiger partial charge is 0.0221 e. The van der Waals surface area contributed by atoms with Crippen LogP contribution in [0.15, 0.2) is 0 Å². The SMILES string of the molecule is C[C@@H]1CN[C@@H](C)CN[C@@H]2CCCC[C@H]2NC[C@H](C)NCCN1. The Morgan fingerprint density at radius 3 is 1.45 bits per heavy atom. The van der Waals surface area contributed by atoms with Gasteiger partial charge in [-0.2, -0.15) is 0 Å². The molecule has 1 saturated heterocycles. The van der Waals surface area contributed by atoms with Gasteiger partial charge in [-0.3, -0.25) is 0 Å². The summed E-state index contributed by atoms with van der Waals surface area (Å²) in [6.07, 6.45) is 5.36. The van der Waals surface area contributed by atoms with Crippen LogP contribution in [-0.2, 0) is 0 Å². The normalized spacial score (nSPS) is 40.2. The van der Waals surface area contributed by atoms with Crippen molar-refractivity contribution >= 4 is 0 Å². The summed E-state index contributed by atoms with van der Waals surface area (Å²) < 4.78 is 0. The summed E-state index contributed by atoms with van der Waals surface area (Å²) in [6, 6.07) is 2.83. The molecule has 1 saturated carbocycles. The highest BCUT2D eigenvalue weighted by Crippen LogP contribution is 2.18. The maximum atomic E-state index is 3.80. The zero-order chi connectivity index (χ0) is 15.8. The zero-order valence-electron chi connectivity index (χ0n) is 14.8. The molecule has 5 heteroatoms. The van der Waals surface area contributed by atoms with E-state index in [0.717, 1.165) is 32.7 Å². The molecule has 5 nitrogen and oxygen atoms in total. The van der Waals surface area contributed by atoms with E-state index in [1.807, 2.05) is 0 Å². The molecule has 0 bridgehead atoms. The van der Waals surface area contributed by atoms with Gasteiger partial charge in [-0.1, -0.05) is 12.8 Å². The van der Waals surface area contributed by atoms with Crippen LogP contribution in [0, 0.1) is 0 Å². The minimum Gasteiger partial charge on any atom is -0.312 e. The highest BCUT2D eigenvalue weighted by Gasteiger charge is 2.25. The van der Waals surface area contributed by atoms with Gasteiger partial charge >= 0.3 is 0 Å². The lowest BCUT2D eigenvalue weighted by Crippen LogP contribution is -2.54. The average molecular weight is 312 g/mol. The molecular weight excluding hydrogens is 274 g/mol. The first-order valence-corrected chi connectivity index (χ1v) is 9.32. The monoisotopic (exact) mass is 311 g/mol. The molecular formula is C17H37N5. The predicted molar refractivity (Wildman–Crippen MR) is 94.4 cm³/mol. The molecule has 5 N–H and O–H groups in total. The zero-order valence-corrected chi connectivity index (χ0v) is 14.8. The first kappa shape index (κ1) is 18.1.